The molecule has 2 atom stereocenters. The average Bonchev–Trinajstić information content (AvgIpc) is 3.44. The number of pyridine rings is 1. The van der Waals surface area contributed by atoms with Crippen LogP contribution in [0.3, 0.4) is 0 Å². The third-order valence-electron chi connectivity index (χ3n) is 5.74. The van der Waals surface area contributed by atoms with Crippen LogP contribution in [0.15, 0.2) is 91.3 Å². The van der Waals surface area contributed by atoms with Crippen LogP contribution in [0.4, 0.5) is 18.9 Å². The minimum absolute atomic E-state index is 0.330. The summed E-state index contributed by atoms with van der Waals surface area (Å²) in [6, 6.07) is 21.2. The molecule has 0 bridgehead atoms. The first-order valence-corrected chi connectivity index (χ1v) is 11.2. The van der Waals surface area contributed by atoms with Crippen LogP contribution in [-0.2, 0) is 6.18 Å². The van der Waals surface area contributed by atoms with Gasteiger partial charge in [0.05, 0.1) is 17.3 Å². The normalized spacial score (nSPS) is 18.2. The highest BCUT2D eigenvalue weighted by molar-refractivity contribution is 7.80. The molecule has 0 spiro atoms. The van der Waals surface area contributed by atoms with Gasteiger partial charge in [-0.1, -0.05) is 23.7 Å². The van der Waals surface area contributed by atoms with Crippen molar-refractivity contribution < 1.29 is 13.2 Å². The summed E-state index contributed by atoms with van der Waals surface area (Å²) in [6.07, 6.45) is -0.985. The minimum atomic E-state index is -4.44. The smallest absolute Gasteiger partial charge is 0.351 e. The summed E-state index contributed by atoms with van der Waals surface area (Å²) in [6.45, 7) is 0. The molecule has 1 aliphatic heterocycles. The van der Waals surface area contributed by atoms with E-state index in [-0.39, 0.29) is 12.1 Å². The van der Waals surface area contributed by atoms with E-state index in [4.69, 9.17) is 23.8 Å². The molecule has 2 aromatic carbocycles. The Morgan fingerprint density at radius 1 is 0.912 bits per heavy atom. The van der Waals surface area contributed by atoms with Gasteiger partial charge in [-0.3, -0.25) is 4.98 Å². The maximum Gasteiger partial charge on any atom is 0.416 e. The van der Waals surface area contributed by atoms with E-state index < -0.39 is 11.7 Å². The van der Waals surface area contributed by atoms with Crippen LogP contribution in [0.5, 0.6) is 0 Å². The van der Waals surface area contributed by atoms with Crippen LogP contribution in [0.1, 0.15) is 29.0 Å². The predicted molar refractivity (Wildman–Crippen MR) is 130 cm³/mol. The van der Waals surface area contributed by atoms with Crippen molar-refractivity contribution in [3.05, 3.63) is 113 Å². The van der Waals surface area contributed by atoms with E-state index >= 15 is 0 Å². The molecule has 0 radical (unpaired) electrons. The maximum atomic E-state index is 13.4. The third kappa shape index (κ3) is 4.15. The third-order valence-corrected chi connectivity index (χ3v) is 6.30. The monoisotopic (exact) mass is 498 g/mol. The Kier molecular flexibility index (Phi) is 5.79. The number of thiocarbonyl (C=S) groups is 1. The van der Waals surface area contributed by atoms with Crippen LogP contribution in [-0.4, -0.2) is 14.7 Å². The molecule has 1 saturated heterocycles. The SMILES string of the molecule is FC(F)(F)c1cccc(-n2cccc2[C@@H]2[C@H](c3ccccn3)NC(=S)N2c2ccc(Cl)cc2)c1. The zero-order valence-electron chi connectivity index (χ0n) is 17.6. The second-order valence-electron chi connectivity index (χ2n) is 7.82. The molecule has 0 amide bonds. The molecule has 0 saturated carbocycles. The first kappa shape index (κ1) is 22.4. The number of benzene rings is 2. The van der Waals surface area contributed by atoms with Crippen molar-refractivity contribution in [3.63, 3.8) is 0 Å². The Hall–Kier alpha value is -3.36. The fourth-order valence-corrected chi connectivity index (χ4v) is 4.71. The lowest BCUT2D eigenvalue weighted by molar-refractivity contribution is -0.137. The number of rotatable bonds is 4. The predicted octanol–water partition coefficient (Wildman–Crippen LogP) is 6.72. The van der Waals surface area contributed by atoms with E-state index in [2.05, 4.69) is 10.3 Å². The number of aromatic nitrogens is 2. The molecular weight excluding hydrogens is 481 g/mol. The number of nitrogens with zero attached hydrogens (tertiary/aromatic N) is 3. The van der Waals surface area contributed by atoms with Gasteiger partial charge in [0.25, 0.3) is 0 Å². The first-order valence-electron chi connectivity index (χ1n) is 10.4. The molecule has 4 aromatic rings. The quantitative estimate of drug-likeness (QED) is 0.317. The molecule has 0 unspecified atom stereocenters. The van der Waals surface area contributed by atoms with Crippen molar-refractivity contribution in [3.8, 4) is 5.69 Å². The van der Waals surface area contributed by atoms with Crippen LogP contribution in [0.2, 0.25) is 5.02 Å². The molecule has 9 heteroatoms. The number of alkyl halides is 3. The summed E-state index contributed by atoms with van der Waals surface area (Å²) in [7, 11) is 0. The van der Waals surface area contributed by atoms with Crippen LogP contribution >= 0.6 is 23.8 Å². The highest BCUT2D eigenvalue weighted by Gasteiger charge is 2.42. The molecule has 0 aliphatic carbocycles. The standard InChI is InChI=1S/C25H18ClF3N4S/c26-17-9-11-18(12-10-17)33-23(22(31-24(33)34)20-7-1-2-13-30-20)21-8-4-14-32(21)19-6-3-5-16(15-19)25(27,28)29/h1-15,22-23H,(H,31,34)/t22-,23+/m0/s1. The second kappa shape index (κ2) is 8.77. The molecule has 1 N–H and O–H groups in total. The summed E-state index contributed by atoms with van der Waals surface area (Å²) in [5.41, 5.74) is 2.03. The zero-order valence-corrected chi connectivity index (χ0v) is 19.1. The molecule has 172 valence electrons. The van der Waals surface area contributed by atoms with Crippen molar-refractivity contribution in [1.82, 2.24) is 14.9 Å². The Morgan fingerprint density at radius 3 is 2.41 bits per heavy atom. The van der Waals surface area contributed by atoms with E-state index in [1.54, 1.807) is 35.2 Å². The Bertz CT molecular complexity index is 1320. The van der Waals surface area contributed by atoms with Crippen molar-refractivity contribution in [1.29, 1.82) is 0 Å². The van der Waals surface area contributed by atoms with Gasteiger partial charge < -0.3 is 14.8 Å². The summed E-state index contributed by atoms with van der Waals surface area (Å²) in [5.74, 6) is 0. The van der Waals surface area contributed by atoms with E-state index in [9.17, 15) is 13.2 Å². The van der Waals surface area contributed by atoms with Crippen molar-refractivity contribution >= 4 is 34.6 Å². The van der Waals surface area contributed by atoms with E-state index in [1.165, 1.54) is 6.07 Å². The topological polar surface area (TPSA) is 33.1 Å². The number of hydrogen-bond donors (Lipinski definition) is 1. The van der Waals surface area contributed by atoms with Gasteiger partial charge in [-0.2, -0.15) is 13.2 Å². The Morgan fingerprint density at radius 2 is 1.71 bits per heavy atom. The molecular formula is C25H18ClF3N4S. The molecule has 1 aliphatic rings. The fourth-order valence-electron chi connectivity index (χ4n) is 4.24. The Balaban J connectivity index is 1.66. The number of nitrogens with one attached hydrogen (secondary N) is 1. The molecule has 4 nitrogen and oxygen atoms in total. The van der Waals surface area contributed by atoms with Gasteiger partial charge in [-0.25, -0.2) is 0 Å². The van der Waals surface area contributed by atoms with Crippen LogP contribution < -0.4 is 10.2 Å². The van der Waals surface area contributed by atoms with Crippen molar-refractivity contribution in [2.24, 2.45) is 0 Å². The lowest BCUT2D eigenvalue weighted by Gasteiger charge is -2.29. The van der Waals surface area contributed by atoms with E-state index in [0.717, 1.165) is 29.2 Å². The van der Waals surface area contributed by atoms with Gasteiger partial charge in [0.15, 0.2) is 5.11 Å². The fraction of sp³-hybridized carbons (Fsp3) is 0.120. The second-order valence-corrected chi connectivity index (χ2v) is 8.65. The summed E-state index contributed by atoms with van der Waals surface area (Å²) in [5, 5.41) is 4.43. The molecule has 3 heterocycles. The van der Waals surface area contributed by atoms with Crippen LogP contribution in [0.25, 0.3) is 5.69 Å². The van der Waals surface area contributed by atoms with Gasteiger partial charge >= 0.3 is 6.18 Å². The largest absolute Gasteiger partial charge is 0.416 e. The van der Waals surface area contributed by atoms with Crippen molar-refractivity contribution in [2.45, 2.75) is 18.3 Å². The van der Waals surface area contributed by atoms with Gasteiger partial charge in [0.1, 0.15) is 6.04 Å². The van der Waals surface area contributed by atoms with Gasteiger partial charge in [-0.05, 0) is 78.9 Å². The lowest BCUT2D eigenvalue weighted by atomic mass is 10.0. The Labute approximate surface area is 204 Å². The summed E-state index contributed by atoms with van der Waals surface area (Å²) < 4.78 is 42.0. The first-order chi connectivity index (χ1) is 16.3. The summed E-state index contributed by atoms with van der Waals surface area (Å²) in [4.78, 5) is 6.47. The van der Waals surface area contributed by atoms with Gasteiger partial charge in [0, 0.05) is 34.5 Å². The molecule has 5 rings (SSSR count). The van der Waals surface area contributed by atoms with Gasteiger partial charge in [0.2, 0.25) is 0 Å². The molecule has 2 aromatic heterocycles. The highest BCUT2D eigenvalue weighted by Crippen LogP contribution is 2.42. The molecule has 1 fully saturated rings. The minimum Gasteiger partial charge on any atom is -0.351 e. The molecule has 34 heavy (non-hydrogen) atoms. The zero-order chi connectivity index (χ0) is 23.9. The summed E-state index contributed by atoms with van der Waals surface area (Å²) >= 11 is 11.8. The lowest BCUT2D eigenvalue weighted by Crippen LogP contribution is -2.30. The highest BCUT2D eigenvalue weighted by atomic mass is 35.5. The van der Waals surface area contributed by atoms with E-state index in [0.29, 0.717) is 15.8 Å². The van der Waals surface area contributed by atoms with Crippen molar-refractivity contribution in [2.75, 3.05) is 4.90 Å². The van der Waals surface area contributed by atoms with E-state index in [1.807, 2.05) is 47.4 Å². The van der Waals surface area contributed by atoms with Gasteiger partial charge in [-0.15, -0.1) is 0 Å². The average molecular weight is 499 g/mol. The van der Waals surface area contributed by atoms with Crippen LogP contribution in [0, 0.1) is 0 Å². The number of hydrogen-bond acceptors (Lipinski definition) is 2. The maximum absolute atomic E-state index is 13.4. The number of anilines is 1. The number of halogens is 4.